The molecule has 0 bridgehead atoms. The fourth-order valence-electron chi connectivity index (χ4n) is 3.19. The van der Waals surface area contributed by atoms with Crippen molar-refractivity contribution >= 4 is 17.9 Å². The van der Waals surface area contributed by atoms with Crippen LogP contribution in [0.1, 0.15) is 6.92 Å². The normalized spacial score (nSPS) is 10.1. The van der Waals surface area contributed by atoms with Crippen LogP contribution in [0.15, 0.2) is 98.1 Å². The van der Waals surface area contributed by atoms with Crippen LogP contribution >= 0.6 is 0 Å². The van der Waals surface area contributed by atoms with Gasteiger partial charge in [-0.1, -0.05) is 44.0 Å². The van der Waals surface area contributed by atoms with Crippen molar-refractivity contribution in [1.82, 2.24) is 0 Å². The number of esters is 3. The lowest BCUT2D eigenvalue weighted by Gasteiger charge is -2.17. The first-order chi connectivity index (χ1) is 17.2. The summed E-state index contributed by atoms with van der Waals surface area (Å²) < 4.78 is 21.6. The molecule has 0 aliphatic carbocycles. The average Bonchev–Trinajstić information content (AvgIpc) is 2.88. The van der Waals surface area contributed by atoms with Crippen molar-refractivity contribution in [2.75, 3.05) is 7.11 Å². The molecule has 0 heterocycles. The summed E-state index contributed by atoms with van der Waals surface area (Å²) >= 11 is 0. The topological polar surface area (TPSA) is 88.1 Å². The second kappa shape index (κ2) is 11.5. The number of ether oxygens (including phenoxy) is 4. The Balaban J connectivity index is 2.08. The van der Waals surface area contributed by atoms with E-state index in [2.05, 4.69) is 19.7 Å². The number of carbonyl (C=O) groups excluding carboxylic acids is 3. The van der Waals surface area contributed by atoms with E-state index in [1.54, 1.807) is 67.6 Å². The fraction of sp³-hybridized carbons (Fsp3) is 0.0690. The lowest BCUT2D eigenvalue weighted by Crippen LogP contribution is -2.09. The Morgan fingerprint density at radius 2 is 1.17 bits per heavy atom. The summed E-state index contributed by atoms with van der Waals surface area (Å²) in [7, 11) is 1.50. The van der Waals surface area contributed by atoms with Crippen LogP contribution in [0.2, 0.25) is 0 Å². The number of hydrogen-bond donors (Lipinski definition) is 0. The van der Waals surface area contributed by atoms with Crippen molar-refractivity contribution in [3.63, 3.8) is 0 Å². The molecule has 0 aliphatic heterocycles. The van der Waals surface area contributed by atoms with Gasteiger partial charge in [-0.15, -0.1) is 0 Å². The zero-order chi connectivity index (χ0) is 26.2. The summed E-state index contributed by atoms with van der Waals surface area (Å²) in [5, 5.41) is 0. The van der Waals surface area contributed by atoms with Crippen molar-refractivity contribution in [3.8, 4) is 45.3 Å². The van der Waals surface area contributed by atoms with Crippen LogP contribution in [-0.2, 0) is 14.4 Å². The van der Waals surface area contributed by atoms with Crippen LogP contribution in [0.5, 0.6) is 23.0 Å². The Morgan fingerprint density at radius 3 is 1.61 bits per heavy atom. The Labute approximate surface area is 208 Å². The number of hydrogen-bond acceptors (Lipinski definition) is 7. The van der Waals surface area contributed by atoms with Crippen molar-refractivity contribution in [1.29, 1.82) is 0 Å². The zero-order valence-electron chi connectivity index (χ0n) is 19.9. The zero-order valence-corrected chi connectivity index (χ0v) is 19.9. The first kappa shape index (κ1) is 25.7. The molecule has 0 spiro atoms. The van der Waals surface area contributed by atoms with Crippen LogP contribution in [0.25, 0.3) is 22.3 Å². The molecule has 3 aromatic carbocycles. The van der Waals surface area contributed by atoms with Gasteiger partial charge in [-0.25, -0.2) is 14.4 Å². The van der Waals surface area contributed by atoms with Gasteiger partial charge in [-0.3, -0.25) is 0 Å². The van der Waals surface area contributed by atoms with E-state index in [0.717, 1.165) is 17.7 Å². The molecule has 0 N–H and O–H groups in total. The smallest absolute Gasteiger partial charge is 0.338 e. The standard InChI is InChI=1S/C29H24O7/c1-6-26(30)34-22-12-8-19(9-13-22)21-16-24(33-5)28(25(17-21)36-29(32)18(3)4)20-10-14-23(15-11-20)35-27(31)7-2/h6-17H,1-3H2,4-5H3. The van der Waals surface area contributed by atoms with Gasteiger partial charge >= 0.3 is 17.9 Å². The maximum absolute atomic E-state index is 12.4. The predicted molar refractivity (Wildman–Crippen MR) is 136 cm³/mol. The maximum Gasteiger partial charge on any atom is 0.338 e. The van der Waals surface area contributed by atoms with Crippen molar-refractivity contribution < 1.29 is 33.3 Å². The van der Waals surface area contributed by atoms with E-state index in [1.165, 1.54) is 7.11 Å². The third-order valence-electron chi connectivity index (χ3n) is 4.94. The molecule has 0 saturated carbocycles. The number of carbonyl (C=O) groups is 3. The summed E-state index contributed by atoms with van der Waals surface area (Å²) in [5.74, 6) is -0.363. The van der Waals surface area contributed by atoms with Gasteiger partial charge in [0.25, 0.3) is 0 Å². The highest BCUT2D eigenvalue weighted by Gasteiger charge is 2.19. The minimum atomic E-state index is -0.598. The van der Waals surface area contributed by atoms with E-state index >= 15 is 0 Å². The largest absolute Gasteiger partial charge is 0.496 e. The van der Waals surface area contributed by atoms with Gasteiger partial charge < -0.3 is 18.9 Å². The molecular weight excluding hydrogens is 460 g/mol. The molecule has 0 unspecified atom stereocenters. The SMILES string of the molecule is C=CC(=O)Oc1ccc(-c2cc(OC)c(-c3ccc(OC(=O)C=C)cc3)c(OC(=O)C(=C)C)c2)cc1. The van der Waals surface area contributed by atoms with Gasteiger partial charge in [0.15, 0.2) is 0 Å². The Bertz CT molecular complexity index is 1330. The molecule has 0 aromatic heterocycles. The van der Waals surface area contributed by atoms with Crippen LogP contribution in [0, 0.1) is 0 Å². The van der Waals surface area contributed by atoms with E-state index < -0.39 is 17.9 Å². The highest BCUT2D eigenvalue weighted by molar-refractivity contribution is 5.92. The molecular formula is C29H24O7. The lowest BCUT2D eigenvalue weighted by atomic mass is 9.97. The lowest BCUT2D eigenvalue weighted by molar-refractivity contribution is -0.130. The third-order valence-corrected chi connectivity index (χ3v) is 4.94. The summed E-state index contributed by atoms with van der Waals surface area (Å²) in [4.78, 5) is 35.4. The van der Waals surface area contributed by atoms with E-state index in [-0.39, 0.29) is 11.3 Å². The minimum absolute atomic E-state index is 0.227. The van der Waals surface area contributed by atoms with Crippen LogP contribution in [0.4, 0.5) is 0 Å². The second-order valence-electron chi connectivity index (χ2n) is 7.52. The number of methoxy groups -OCH3 is 1. The summed E-state index contributed by atoms with van der Waals surface area (Å²) in [6, 6.07) is 16.9. The van der Waals surface area contributed by atoms with E-state index in [0.29, 0.717) is 33.9 Å². The maximum atomic E-state index is 12.4. The monoisotopic (exact) mass is 484 g/mol. The van der Waals surface area contributed by atoms with Crippen LogP contribution in [0.3, 0.4) is 0 Å². The van der Waals surface area contributed by atoms with E-state index in [4.69, 9.17) is 18.9 Å². The summed E-state index contributed by atoms with van der Waals surface area (Å²) in [6.07, 6.45) is 2.15. The molecule has 3 rings (SSSR count). The summed E-state index contributed by atoms with van der Waals surface area (Å²) in [6.45, 7) is 12.0. The Hall–Kier alpha value is -4.91. The van der Waals surface area contributed by atoms with Gasteiger partial charge in [0.05, 0.1) is 12.7 Å². The average molecular weight is 485 g/mol. The Kier molecular flexibility index (Phi) is 8.20. The molecule has 7 nitrogen and oxygen atoms in total. The molecule has 0 amide bonds. The van der Waals surface area contributed by atoms with Gasteiger partial charge in [0, 0.05) is 17.7 Å². The van der Waals surface area contributed by atoms with Crippen LogP contribution < -0.4 is 18.9 Å². The molecule has 0 atom stereocenters. The minimum Gasteiger partial charge on any atom is -0.496 e. The van der Waals surface area contributed by atoms with Crippen molar-refractivity contribution in [3.05, 3.63) is 98.1 Å². The molecule has 0 radical (unpaired) electrons. The van der Waals surface area contributed by atoms with E-state index in [9.17, 15) is 14.4 Å². The molecule has 7 heteroatoms. The van der Waals surface area contributed by atoms with Gasteiger partial charge in [-0.05, 0) is 60.0 Å². The third kappa shape index (κ3) is 6.15. The molecule has 36 heavy (non-hydrogen) atoms. The highest BCUT2D eigenvalue weighted by Crippen LogP contribution is 2.43. The van der Waals surface area contributed by atoms with Gasteiger partial charge in [0.1, 0.15) is 23.0 Å². The fourth-order valence-corrected chi connectivity index (χ4v) is 3.19. The van der Waals surface area contributed by atoms with Crippen molar-refractivity contribution in [2.45, 2.75) is 6.92 Å². The molecule has 3 aromatic rings. The molecule has 0 fully saturated rings. The van der Waals surface area contributed by atoms with Crippen molar-refractivity contribution in [2.24, 2.45) is 0 Å². The first-order valence-corrected chi connectivity index (χ1v) is 10.7. The molecule has 0 aliphatic rings. The quantitative estimate of drug-likeness (QED) is 0.219. The Morgan fingerprint density at radius 1 is 0.694 bits per heavy atom. The summed E-state index contributed by atoms with van der Waals surface area (Å²) in [5.41, 5.74) is 2.86. The highest BCUT2D eigenvalue weighted by atomic mass is 16.5. The number of benzene rings is 3. The predicted octanol–water partition coefficient (Wildman–Crippen LogP) is 5.69. The van der Waals surface area contributed by atoms with Gasteiger partial charge in [-0.2, -0.15) is 0 Å². The van der Waals surface area contributed by atoms with Gasteiger partial charge in [0.2, 0.25) is 0 Å². The molecule has 182 valence electrons. The number of rotatable bonds is 9. The second-order valence-corrected chi connectivity index (χ2v) is 7.52. The van der Waals surface area contributed by atoms with Crippen LogP contribution in [-0.4, -0.2) is 25.0 Å². The first-order valence-electron chi connectivity index (χ1n) is 10.7. The van der Waals surface area contributed by atoms with E-state index in [1.807, 2.05) is 0 Å². The molecule has 0 saturated heterocycles.